The van der Waals surface area contributed by atoms with Gasteiger partial charge in [0, 0.05) is 6.54 Å². The quantitative estimate of drug-likeness (QED) is 0.629. The van der Waals surface area contributed by atoms with Gasteiger partial charge in [0.25, 0.3) is 0 Å². The maximum Gasteiger partial charge on any atom is 0.0230 e. The molecule has 0 aliphatic rings. The average molecular weight is 219 g/mol. The summed E-state index contributed by atoms with van der Waals surface area (Å²) >= 11 is 0. The summed E-state index contributed by atoms with van der Waals surface area (Å²) in [4.78, 5) is 2.42. The molecule has 0 fully saturated rings. The molecule has 1 aromatic rings. The molecule has 1 rings (SSSR count). The van der Waals surface area contributed by atoms with Crippen molar-refractivity contribution in [2.45, 2.75) is 46.1 Å². The Labute approximate surface area is 100 Å². The lowest BCUT2D eigenvalue weighted by Crippen LogP contribution is -2.19. The van der Waals surface area contributed by atoms with Gasteiger partial charge in [0.05, 0.1) is 0 Å². The van der Waals surface area contributed by atoms with E-state index in [0.717, 1.165) is 13.0 Å². The van der Waals surface area contributed by atoms with E-state index < -0.39 is 0 Å². The highest BCUT2D eigenvalue weighted by molar-refractivity contribution is 5.23. The van der Waals surface area contributed by atoms with Crippen molar-refractivity contribution in [3.8, 4) is 0 Å². The molecule has 0 spiro atoms. The first kappa shape index (κ1) is 13.2. The summed E-state index contributed by atoms with van der Waals surface area (Å²) in [6.07, 6.45) is 5.10. The Balaban J connectivity index is 2.39. The molecule has 0 saturated carbocycles. The van der Waals surface area contributed by atoms with Crippen molar-refractivity contribution >= 4 is 0 Å². The first-order chi connectivity index (χ1) is 7.76. The van der Waals surface area contributed by atoms with Gasteiger partial charge >= 0.3 is 0 Å². The van der Waals surface area contributed by atoms with Crippen LogP contribution in [0.1, 0.15) is 44.2 Å². The van der Waals surface area contributed by atoms with E-state index >= 15 is 0 Å². The van der Waals surface area contributed by atoms with E-state index in [4.69, 9.17) is 0 Å². The van der Waals surface area contributed by atoms with E-state index in [9.17, 15) is 0 Å². The third-order valence-corrected chi connectivity index (χ3v) is 3.00. The molecule has 0 unspecified atom stereocenters. The van der Waals surface area contributed by atoms with Crippen LogP contribution in [0.5, 0.6) is 0 Å². The first-order valence-electron chi connectivity index (χ1n) is 6.52. The molecule has 16 heavy (non-hydrogen) atoms. The van der Waals surface area contributed by atoms with Crippen LogP contribution < -0.4 is 0 Å². The van der Waals surface area contributed by atoms with Gasteiger partial charge in [-0.25, -0.2) is 0 Å². The SMILES string of the molecule is CCCCCN(C)Cc1cccc(CC)c1. The zero-order valence-corrected chi connectivity index (χ0v) is 11.0. The van der Waals surface area contributed by atoms with Gasteiger partial charge in [0.1, 0.15) is 0 Å². The number of hydrogen-bond acceptors (Lipinski definition) is 1. The summed E-state index contributed by atoms with van der Waals surface area (Å²) in [7, 11) is 2.22. The summed E-state index contributed by atoms with van der Waals surface area (Å²) in [5.74, 6) is 0. The fourth-order valence-corrected chi connectivity index (χ4v) is 1.97. The van der Waals surface area contributed by atoms with Gasteiger partial charge in [-0.05, 0) is 37.6 Å². The van der Waals surface area contributed by atoms with Crippen molar-refractivity contribution < 1.29 is 0 Å². The first-order valence-corrected chi connectivity index (χ1v) is 6.52. The van der Waals surface area contributed by atoms with E-state index in [-0.39, 0.29) is 0 Å². The molecule has 0 aliphatic carbocycles. The van der Waals surface area contributed by atoms with Crippen LogP contribution in [-0.2, 0) is 13.0 Å². The van der Waals surface area contributed by atoms with E-state index in [1.54, 1.807) is 0 Å². The summed E-state index contributed by atoms with van der Waals surface area (Å²) < 4.78 is 0. The lowest BCUT2D eigenvalue weighted by atomic mass is 10.1. The van der Waals surface area contributed by atoms with Gasteiger partial charge in [0.15, 0.2) is 0 Å². The lowest BCUT2D eigenvalue weighted by molar-refractivity contribution is 0.318. The van der Waals surface area contributed by atoms with Crippen LogP contribution in [0.2, 0.25) is 0 Å². The van der Waals surface area contributed by atoms with Crippen LogP contribution in [0.3, 0.4) is 0 Å². The van der Waals surface area contributed by atoms with E-state index in [1.165, 1.54) is 36.9 Å². The molecule has 0 aliphatic heterocycles. The predicted octanol–water partition coefficient (Wildman–Crippen LogP) is 3.87. The molecule has 0 radical (unpaired) electrons. The lowest BCUT2D eigenvalue weighted by Gasteiger charge is -2.16. The molecular weight excluding hydrogens is 194 g/mol. The summed E-state index contributed by atoms with van der Waals surface area (Å²) in [6.45, 7) is 6.76. The molecule has 1 nitrogen and oxygen atoms in total. The molecule has 0 saturated heterocycles. The Bertz CT molecular complexity index is 293. The second-order valence-electron chi connectivity index (χ2n) is 4.62. The number of nitrogens with zero attached hydrogens (tertiary/aromatic N) is 1. The number of rotatable bonds is 7. The van der Waals surface area contributed by atoms with Crippen molar-refractivity contribution in [3.05, 3.63) is 35.4 Å². The predicted molar refractivity (Wildman–Crippen MR) is 71.7 cm³/mol. The second kappa shape index (κ2) is 7.45. The van der Waals surface area contributed by atoms with Gasteiger partial charge in [-0.1, -0.05) is 51.0 Å². The highest BCUT2D eigenvalue weighted by Gasteiger charge is 2.00. The second-order valence-corrected chi connectivity index (χ2v) is 4.62. The van der Waals surface area contributed by atoms with Gasteiger partial charge < -0.3 is 4.90 Å². The molecule has 0 heterocycles. The summed E-state index contributed by atoms with van der Waals surface area (Å²) in [5.41, 5.74) is 2.89. The molecule has 0 bridgehead atoms. The van der Waals surface area contributed by atoms with Crippen LogP contribution in [0.15, 0.2) is 24.3 Å². The number of hydrogen-bond donors (Lipinski definition) is 0. The van der Waals surface area contributed by atoms with Crippen LogP contribution >= 0.6 is 0 Å². The third kappa shape index (κ3) is 4.80. The smallest absolute Gasteiger partial charge is 0.0230 e. The highest BCUT2D eigenvalue weighted by Crippen LogP contribution is 2.08. The maximum atomic E-state index is 2.42. The van der Waals surface area contributed by atoms with Crippen molar-refractivity contribution in [3.63, 3.8) is 0 Å². The maximum absolute atomic E-state index is 2.42. The van der Waals surface area contributed by atoms with Crippen LogP contribution in [0.4, 0.5) is 0 Å². The molecule has 1 heteroatoms. The minimum Gasteiger partial charge on any atom is -0.302 e. The largest absolute Gasteiger partial charge is 0.302 e. The number of aryl methyl sites for hydroxylation is 1. The molecule has 0 amide bonds. The van der Waals surface area contributed by atoms with Gasteiger partial charge in [-0.15, -0.1) is 0 Å². The Morgan fingerprint density at radius 3 is 2.50 bits per heavy atom. The van der Waals surface area contributed by atoms with Crippen LogP contribution in [0, 0.1) is 0 Å². The van der Waals surface area contributed by atoms with Crippen molar-refractivity contribution in [2.75, 3.05) is 13.6 Å². The standard InChI is InChI=1S/C15H25N/c1-4-6-7-11-16(3)13-15-10-8-9-14(5-2)12-15/h8-10,12H,4-7,11,13H2,1-3H3. The monoisotopic (exact) mass is 219 g/mol. The number of unbranched alkanes of at least 4 members (excludes halogenated alkanes) is 2. The van der Waals surface area contributed by atoms with Gasteiger partial charge in [-0.3, -0.25) is 0 Å². The Hall–Kier alpha value is -0.820. The topological polar surface area (TPSA) is 3.24 Å². The minimum atomic E-state index is 1.08. The van der Waals surface area contributed by atoms with Crippen molar-refractivity contribution in [2.24, 2.45) is 0 Å². The average Bonchev–Trinajstić information content (AvgIpc) is 2.29. The Kier molecular flexibility index (Phi) is 6.17. The fraction of sp³-hybridized carbons (Fsp3) is 0.600. The van der Waals surface area contributed by atoms with E-state index in [2.05, 4.69) is 50.1 Å². The molecular formula is C15H25N. The summed E-state index contributed by atoms with van der Waals surface area (Å²) in [5, 5.41) is 0. The molecule has 0 aromatic heterocycles. The minimum absolute atomic E-state index is 1.08. The zero-order chi connectivity index (χ0) is 11.8. The zero-order valence-electron chi connectivity index (χ0n) is 11.0. The van der Waals surface area contributed by atoms with Crippen molar-refractivity contribution in [1.82, 2.24) is 4.90 Å². The van der Waals surface area contributed by atoms with Crippen LogP contribution in [0.25, 0.3) is 0 Å². The van der Waals surface area contributed by atoms with Crippen molar-refractivity contribution in [1.29, 1.82) is 0 Å². The fourth-order valence-electron chi connectivity index (χ4n) is 1.97. The van der Waals surface area contributed by atoms with E-state index in [1.807, 2.05) is 0 Å². The molecule has 90 valence electrons. The van der Waals surface area contributed by atoms with Gasteiger partial charge in [-0.2, -0.15) is 0 Å². The van der Waals surface area contributed by atoms with Crippen LogP contribution in [-0.4, -0.2) is 18.5 Å². The van der Waals surface area contributed by atoms with E-state index in [0.29, 0.717) is 0 Å². The Morgan fingerprint density at radius 1 is 1.06 bits per heavy atom. The van der Waals surface area contributed by atoms with Gasteiger partial charge in [0.2, 0.25) is 0 Å². The summed E-state index contributed by atoms with van der Waals surface area (Å²) in [6, 6.07) is 8.94. The normalized spacial score (nSPS) is 11.0. The third-order valence-electron chi connectivity index (χ3n) is 3.00. The molecule has 0 N–H and O–H groups in total. The highest BCUT2D eigenvalue weighted by atomic mass is 15.1. The molecule has 1 aromatic carbocycles. The Morgan fingerprint density at radius 2 is 1.81 bits per heavy atom. The molecule has 0 atom stereocenters. The number of benzene rings is 1.